The number of benzene rings is 1. The van der Waals surface area contributed by atoms with E-state index < -0.39 is 0 Å². The lowest BCUT2D eigenvalue weighted by atomic mass is 10.1. The lowest BCUT2D eigenvalue weighted by Crippen LogP contribution is -1.82. The highest BCUT2D eigenvalue weighted by Gasteiger charge is 2.09. The minimum absolute atomic E-state index is 0.294. The van der Waals surface area contributed by atoms with Gasteiger partial charge in [0.25, 0.3) is 0 Å². The summed E-state index contributed by atoms with van der Waals surface area (Å²) in [4.78, 5) is 0. The molecule has 1 aromatic carbocycles. The molecule has 0 bridgehead atoms. The molecule has 0 saturated heterocycles. The van der Waals surface area contributed by atoms with Crippen molar-refractivity contribution in [2.75, 3.05) is 0 Å². The molecule has 3 heteroatoms. The predicted molar refractivity (Wildman–Crippen MR) is 51.8 cm³/mol. The Morgan fingerprint density at radius 2 is 2.00 bits per heavy atom. The first-order valence-electron chi connectivity index (χ1n) is 3.77. The summed E-state index contributed by atoms with van der Waals surface area (Å²) >= 11 is 3.11. The van der Waals surface area contributed by atoms with Crippen molar-refractivity contribution in [3.63, 3.8) is 0 Å². The molecule has 1 nitrogen and oxygen atoms in total. The van der Waals surface area contributed by atoms with Gasteiger partial charge in [0.2, 0.25) is 0 Å². The van der Waals surface area contributed by atoms with Gasteiger partial charge >= 0.3 is 0 Å². The van der Waals surface area contributed by atoms with Crippen molar-refractivity contribution >= 4 is 15.9 Å². The van der Waals surface area contributed by atoms with Crippen LogP contribution in [0, 0.1) is 5.82 Å². The van der Waals surface area contributed by atoms with Crippen molar-refractivity contribution in [2.24, 2.45) is 0 Å². The highest BCUT2D eigenvalue weighted by Crippen LogP contribution is 2.27. The Kier molecular flexibility index (Phi) is 2.19. The van der Waals surface area contributed by atoms with Crippen LogP contribution in [0.1, 0.15) is 0 Å². The van der Waals surface area contributed by atoms with E-state index >= 15 is 0 Å². The zero-order chi connectivity index (χ0) is 9.26. The minimum Gasteiger partial charge on any atom is -0.464 e. The molecule has 0 saturated carbocycles. The summed E-state index contributed by atoms with van der Waals surface area (Å²) < 4.78 is 19.0. The van der Waals surface area contributed by atoms with Crippen LogP contribution in [0.5, 0.6) is 0 Å². The Morgan fingerprint density at radius 1 is 1.15 bits per heavy atom. The summed E-state index contributed by atoms with van der Waals surface area (Å²) in [7, 11) is 0. The van der Waals surface area contributed by atoms with Crippen LogP contribution in [0.3, 0.4) is 0 Å². The molecule has 1 aromatic heterocycles. The van der Waals surface area contributed by atoms with Crippen LogP contribution in [0.15, 0.2) is 45.5 Å². The number of halogens is 2. The van der Waals surface area contributed by atoms with Crippen molar-refractivity contribution in [1.82, 2.24) is 0 Å². The fourth-order valence-corrected chi connectivity index (χ4v) is 1.49. The Labute approximate surface area is 83.3 Å². The molecule has 0 fully saturated rings. The fraction of sp³-hybridized carbons (Fsp3) is 0. The van der Waals surface area contributed by atoms with Crippen LogP contribution in [0.4, 0.5) is 4.39 Å². The second-order valence-electron chi connectivity index (χ2n) is 2.58. The van der Waals surface area contributed by atoms with Crippen LogP contribution in [-0.2, 0) is 0 Å². The fourth-order valence-electron chi connectivity index (χ4n) is 1.13. The summed E-state index contributed by atoms with van der Waals surface area (Å²) in [6.07, 6.45) is 1.52. The molecule has 0 radical (unpaired) electrons. The van der Waals surface area contributed by atoms with Crippen LogP contribution in [0.2, 0.25) is 0 Å². The van der Waals surface area contributed by atoms with Gasteiger partial charge in [0.1, 0.15) is 11.6 Å². The second-order valence-corrected chi connectivity index (χ2v) is 3.43. The molecule has 0 spiro atoms. The van der Waals surface area contributed by atoms with Gasteiger partial charge in [-0.1, -0.05) is 6.07 Å². The standard InChI is InChI=1S/C10H6BrFO/c11-8-4-1-3-7(10(8)12)9-5-2-6-13-9/h1-6H. The van der Waals surface area contributed by atoms with Crippen LogP contribution >= 0.6 is 15.9 Å². The van der Waals surface area contributed by atoms with Crippen molar-refractivity contribution in [3.8, 4) is 11.3 Å². The SMILES string of the molecule is Fc1c(Br)cccc1-c1ccco1. The number of hydrogen-bond donors (Lipinski definition) is 0. The van der Waals surface area contributed by atoms with Crippen LogP contribution < -0.4 is 0 Å². The first-order valence-corrected chi connectivity index (χ1v) is 4.56. The zero-order valence-electron chi connectivity index (χ0n) is 6.63. The predicted octanol–water partition coefficient (Wildman–Crippen LogP) is 3.85. The van der Waals surface area contributed by atoms with E-state index in [0.717, 1.165) is 0 Å². The van der Waals surface area contributed by atoms with Gasteiger partial charge in [0.15, 0.2) is 0 Å². The largest absolute Gasteiger partial charge is 0.464 e. The van der Waals surface area contributed by atoms with E-state index in [9.17, 15) is 4.39 Å². The summed E-state index contributed by atoms with van der Waals surface area (Å²) in [5.74, 6) is 0.247. The number of hydrogen-bond acceptors (Lipinski definition) is 1. The summed E-state index contributed by atoms with van der Waals surface area (Å²) in [6.45, 7) is 0. The van der Waals surface area contributed by atoms with Gasteiger partial charge in [0, 0.05) is 0 Å². The Bertz CT molecular complexity index is 409. The highest BCUT2D eigenvalue weighted by molar-refractivity contribution is 9.10. The first-order chi connectivity index (χ1) is 6.29. The van der Waals surface area contributed by atoms with E-state index in [1.807, 2.05) is 0 Å². The van der Waals surface area contributed by atoms with Crippen molar-refractivity contribution < 1.29 is 8.81 Å². The average molecular weight is 241 g/mol. The van der Waals surface area contributed by atoms with Gasteiger partial charge in [0.05, 0.1) is 16.3 Å². The topological polar surface area (TPSA) is 13.1 Å². The molecule has 0 aliphatic rings. The minimum atomic E-state index is -0.294. The third kappa shape index (κ3) is 1.52. The maximum Gasteiger partial charge on any atom is 0.148 e. The molecule has 0 amide bonds. The summed E-state index contributed by atoms with van der Waals surface area (Å²) in [5.41, 5.74) is 0.472. The molecule has 0 atom stereocenters. The van der Waals surface area contributed by atoms with E-state index in [1.54, 1.807) is 30.3 Å². The molecular weight excluding hydrogens is 235 g/mol. The molecule has 0 unspecified atom stereocenters. The Balaban J connectivity index is 2.59. The van der Waals surface area contributed by atoms with Crippen molar-refractivity contribution in [1.29, 1.82) is 0 Å². The van der Waals surface area contributed by atoms with E-state index in [4.69, 9.17) is 4.42 Å². The molecule has 0 aliphatic carbocycles. The summed E-state index contributed by atoms with van der Waals surface area (Å²) in [5, 5.41) is 0. The zero-order valence-corrected chi connectivity index (χ0v) is 8.21. The second kappa shape index (κ2) is 3.34. The van der Waals surface area contributed by atoms with Gasteiger partial charge < -0.3 is 4.42 Å². The van der Waals surface area contributed by atoms with Gasteiger partial charge in [-0.25, -0.2) is 4.39 Å². The third-order valence-electron chi connectivity index (χ3n) is 1.74. The Morgan fingerprint density at radius 3 is 2.69 bits per heavy atom. The summed E-state index contributed by atoms with van der Waals surface area (Å²) in [6, 6.07) is 8.56. The number of rotatable bonds is 1. The van der Waals surface area contributed by atoms with Crippen molar-refractivity contribution in [3.05, 3.63) is 46.9 Å². The monoisotopic (exact) mass is 240 g/mol. The van der Waals surface area contributed by atoms with Crippen LogP contribution in [-0.4, -0.2) is 0 Å². The quantitative estimate of drug-likeness (QED) is 0.739. The van der Waals surface area contributed by atoms with Gasteiger partial charge in [-0.2, -0.15) is 0 Å². The van der Waals surface area contributed by atoms with E-state index in [0.29, 0.717) is 15.8 Å². The smallest absolute Gasteiger partial charge is 0.148 e. The van der Waals surface area contributed by atoms with Gasteiger partial charge in [-0.05, 0) is 40.2 Å². The molecular formula is C10H6BrFO. The van der Waals surface area contributed by atoms with E-state index in [2.05, 4.69) is 15.9 Å². The van der Waals surface area contributed by atoms with E-state index in [1.165, 1.54) is 6.26 Å². The normalized spacial score (nSPS) is 10.3. The maximum absolute atomic E-state index is 13.5. The molecule has 2 rings (SSSR count). The maximum atomic E-state index is 13.5. The Hall–Kier alpha value is -1.09. The first kappa shape index (κ1) is 8.51. The molecule has 1 heterocycles. The molecule has 2 aromatic rings. The van der Waals surface area contributed by atoms with Gasteiger partial charge in [-0.15, -0.1) is 0 Å². The lowest BCUT2D eigenvalue weighted by molar-refractivity contribution is 0.568. The van der Waals surface area contributed by atoms with Crippen LogP contribution in [0.25, 0.3) is 11.3 Å². The molecule has 0 aliphatic heterocycles. The third-order valence-corrected chi connectivity index (χ3v) is 2.35. The highest BCUT2D eigenvalue weighted by atomic mass is 79.9. The molecule has 66 valence electrons. The van der Waals surface area contributed by atoms with E-state index in [-0.39, 0.29) is 5.82 Å². The number of furan rings is 1. The average Bonchev–Trinajstić information content (AvgIpc) is 2.62. The lowest BCUT2D eigenvalue weighted by Gasteiger charge is -2.00. The van der Waals surface area contributed by atoms with Gasteiger partial charge in [-0.3, -0.25) is 0 Å². The molecule has 13 heavy (non-hydrogen) atoms. The molecule has 0 N–H and O–H groups in total. The van der Waals surface area contributed by atoms with Crippen molar-refractivity contribution in [2.45, 2.75) is 0 Å².